The number of hydrogen-bond acceptors (Lipinski definition) is 5. The second-order valence-corrected chi connectivity index (χ2v) is 9.74. The molecule has 9 nitrogen and oxygen atoms in total. The number of guanidine groups is 1. The van der Waals surface area contributed by atoms with Gasteiger partial charge in [-0.15, -0.1) is 4.99 Å². The molecule has 9 heteroatoms. The highest BCUT2D eigenvalue weighted by molar-refractivity contribution is 5.89. The van der Waals surface area contributed by atoms with Gasteiger partial charge in [0.05, 0.1) is 11.8 Å². The number of likely N-dealkylation sites (tertiary alicyclic amines) is 2. The average molecular weight is 487 g/mol. The van der Waals surface area contributed by atoms with E-state index in [2.05, 4.69) is 29.3 Å². The topological polar surface area (TPSA) is 112 Å². The van der Waals surface area contributed by atoms with E-state index in [-0.39, 0.29) is 18.4 Å². The van der Waals surface area contributed by atoms with Crippen molar-refractivity contribution >= 4 is 17.8 Å². The van der Waals surface area contributed by atoms with Gasteiger partial charge in [-0.1, -0.05) is 54.6 Å². The van der Waals surface area contributed by atoms with Crippen molar-refractivity contribution in [2.24, 2.45) is 16.8 Å². The predicted molar refractivity (Wildman–Crippen MR) is 132 cm³/mol. The molecule has 2 saturated heterocycles. The minimum absolute atomic E-state index is 0.0472. The van der Waals surface area contributed by atoms with Crippen molar-refractivity contribution in [3.05, 3.63) is 71.3 Å². The third kappa shape index (κ3) is 4.64. The van der Waals surface area contributed by atoms with Gasteiger partial charge < -0.3 is 14.7 Å². The summed E-state index contributed by atoms with van der Waals surface area (Å²) >= 11 is 0. The summed E-state index contributed by atoms with van der Waals surface area (Å²) in [4.78, 5) is 36.2. The van der Waals surface area contributed by atoms with Crippen LogP contribution in [0.25, 0.3) is 0 Å². The molecular weight excluding hydrogens is 456 g/mol. The third-order valence-corrected chi connectivity index (χ3v) is 7.70. The smallest absolute Gasteiger partial charge is 0.249 e. The van der Waals surface area contributed by atoms with Gasteiger partial charge in [-0.25, -0.2) is 5.48 Å². The molecule has 0 aliphatic carbocycles. The zero-order valence-electron chi connectivity index (χ0n) is 20.1. The lowest BCUT2D eigenvalue weighted by Gasteiger charge is -2.41. The van der Waals surface area contributed by atoms with Gasteiger partial charge in [-0.05, 0) is 29.5 Å². The number of fused-ring (bicyclic) bond motifs is 1. The van der Waals surface area contributed by atoms with Crippen LogP contribution >= 0.6 is 0 Å². The minimum Gasteiger partial charge on any atom is -0.342 e. The number of carbonyl (C=O) groups excluding carboxylic acids is 2. The number of hydroxylamine groups is 1. The summed E-state index contributed by atoms with van der Waals surface area (Å²) in [5.41, 5.74) is 5.34. The highest BCUT2D eigenvalue weighted by Crippen LogP contribution is 2.33. The SMILES string of the molecule is N#CN=C(N1Cc2ccccc2C1)N1CC[C@H](C(=O)N2CC[C@H](c3ccccc3)C2)[C@@H](C(=O)NO)C1. The van der Waals surface area contributed by atoms with E-state index < -0.39 is 17.7 Å². The number of rotatable bonds is 3. The van der Waals surface area contributed by atoms with E-state index in [4.69, 9.17) is 0 Å². The fraction of sp³-hybridized carbons (Fsp3) is 0.407. The summed E-state index contributed by atoms with van der Waals surface area (Å²) in [7, 11) is 0. The first-order chi connectivity index (χ1) is 17.6. The zero-order chi connectivity index (χ0) is 25.1. The van der Waals surface area contributed by atoms with Crippen molar-refractivity contribution in [3.8, 4) is 6.19 Å². The van der Waals surface area contributed by atoms with Crippen molar-refractivity contribution in [2.45, 2.75) is 31.8 Å². The molecule has 36 heavy (non-hydrogen) atoms. The van der Waals surface area contributed by atoms with Crippen molar-refractivity contribution in [1.82, 2.24) is 20.2 Å². The lowest BCUT2D eigenvalue weighted by molar-refractivity contribution is -0.147. The van der Waals surface area contributed by atoms with Crippen LogP contribution in [0.5, 0.6) is 0 Å². The van der Waals surface area contributed by atoms with Crippen LogP contribution in [-0.4, -0.2) is 63.9 Å². The Kier molecular flexibility index (Phi) is 6.87. The van der Waals surface area contributed by atoms with Crippen LogP contribution in [0.15, 0.2) is 59.6 Å². The molecule has 3 atom stereocenters. The Balaban J connectivity index is 1.30. The van der Waals surface area contributed by atoms with Gasteiger partial charge in [0.15, 0.2) is 0 Å². The lowest BCUT2D eigenvalue weighted by Crippen LogP contribution is -2.55. The van der Waals surface area contributed by atoms with Crippen LogP contribution in [0.1, 0.15) is 35.4 Å². The average Bonchev–Trinajstić information content (AvgIpc) is 3.59. The monoisotopic (exact) mass is 486 g/mol. The number of nitrogens with one attached hydrogen (secondary N) is 1. The number of hydrogen-bond donors (Lipinski definition) is 2. The molecule has 2 N–H and O–H groups in total. The van der Waals surface area contributed by atoms with E-state index in [0.717, 1.165) is 6.42 Å². The maximum absolute atomic E-state index is 13.6. The fourth-order valence-electron chi connectivity index (χ4n) is 5.83. The molecule has 0 spiro atoms. The first kappa shape index (κ1) is 23.8. The highest BCUT2D eigenvalue weighted by Gasteiger charge is 2.43. The Morgan fingerprint density at radius 2 is 1.56 bits per heavy atom. The molecule has 3 aliphatic rings. The van der Waals surface area contributed by atoms with Gasteiger partial charge in [0.2, 0.25) is 24.0 Å². The Bertz CT molecular complexity index is 1170. The number of nitriles is 1. The van der Waals surface area contributed by atoms with Crippen LogP contribution in [0, 0.1) is 23.3 Å². The molecule has 0 radical (unpaired) electrons. The summed E-state index contributed by atoms with van der Waals surface area (Å²) in [6, 6.07) is 18.3. The maximum Gasteiger partial charge on any atom is 0.249 e. The van der Waals surface area contributed by atoms with Crippen molar-refractivity contribution < 1.29 is 14.8 Å². The second-order valence-electron chi connectivity index (χ2n) is 9.74. The number of benzene rings is 2. The fourth-order valence-corrected chi connectivity index (χ4v) is 5.83. The minimum atomic E-state index is -0.749. The summed E-state index contributed by atoms with van der Waals surface area (Å²) in [5, 5.41) is 18.9. The molecule has 5 rings (SSSR count). The Morgan fingerprint density at radius 3 is 2.22 bits per heavy atom. The molecule has 186 valence electrons. The van der Waals surface area contributed by atoms with Gasteiger partial charge in [0.1, 0.15) is 0 Å². The molecule has 3 heterocycles. The van der Waals surface area contributed by atoms with Crippen molar-refractivity contribution in [3.63, 3.8) is 0 Å². The van der Waals surface area contributed by atoms with E-state index >= 15 is 0 Å². The number of amides is 2. The van der Waals surface area contributed by atoms with Crippen LogP contribution in [0.2, 0.25) is 0 Å². The van der Waals surface area contributed by atoms with Gasteiger partial charge in [0.25, 0.3) is 0 Å². The molecular formula is C27H30N6O3. The largest absolute Gasteiger partial charge is 0.342 e. The number of aliphatic imine (C=N–C) groups is 1. The second kappa shape index (κ2) is 10.4. The van der Waals surface area contributed by atoms with E-state index in [1.165, 1.54) is 16.7 Å². The lowest BCUT2D eigenvalue weighted by atomic mass is 9.83. The summed E-state index contributed by atoms with van der Waals surface area (Å²) < 4.78 is 0. The van der Waals surface area contributed by atoms with Crippen LogP contribution in [0.4, 0.5) is 0 Å². The number of piperidine rings is 1. The highest BCUT2D eigenvalue weighted by atomic mass is 16.5. The molecule has 0 unspecified atom stereocenters. The Hall–Kier alpha value is -3.90. The third-order valence-electron chi connectivity index (χ3n) is 7.70. The summed E-state index contributed by atoms with van der Waals surface area (Å²) in [5.74, 6) is -1.14. The van der Waals surface area contributed by atoms with Crippen molar-refractivity contribution in [2.75, 3.05) is 26.2 Å². The standard InChI is InChI=1S/C27H30N6O3/c28-18-29-27(33-15-20-8-4-5-9-21(20)16-33)32-13-11-23(24(17-32)25(34)30-36)26(35)31-12-10-22(14-31)19-6-2-1-3-7-19/h1-9,22-24,36H,10-17H2,(H,30,34)/t22-,23-,24-/m0/s1. The van der Waals surface area contributed by atoms with Crippen LogP contribution in [0.3, 0.4) is 0 Å². The Labute approximate surface area is 210 Å². The van der Waals surface area contributed by atoms with Crippen LogP contribution < -0.4 is 5.48 Å². The molecule has 0 aromatic heterocycles. The molecule has 0 saturated carbocycles. The quantitative estimate of drug-likeness (QED) is 0.226. The van der Waals surface area contributed by atoms with Gasteiger partial charge in [-0.3, -0.25) is 14.8 Å². The molecule has 2 aromatic carbocycles. The first-order valence-corrected chi connectivity index (χ1v) is 12.4. The molecule has 2 fully saturated rings. The van der Waals surface area contributed by atoms with Gasteiger partial charge >= 0.3 is 0 Å². The number of carbonyl (C=O) groups is 2. The zero-order valence-corrected chi connectivity index (χ0v) is 20.1. The van der Waals surface area contributed by atoms with Gasteiger partial charge in [0, 0.05) is 45.2 Å². The predicted octanol–water partition coefficient (Wildman–Crippen LogP) is 2.30. The summed E-state index contributed by atoms with van der Waals surface area (Å²) in [6.45, 7) is 3.23. The van der Waals surface area contributed by atoms with E-state index in [9.17, 15) is 20.1 Å². The molecule has 0 bridgehead atoms. The van der Waals surface area contributed by atoms with Crippen LogP contribution in [-0.2, 0) is 22.7 Å². The molecule has 2 aromatic rings. The molecule has 3 aliphatic heterocycles. The summed E-state index contributed by atoms with van der Waals surface area (Å²) in [6.07, 6.45) is 3.23. The Morgan fingerprint density at radius 1 is 0.889 bits per heavy atom. The van der Waals surface area contributed by atoms with E-state index in [0.29, 0.717) is 45.1 Å². The maximum atomic E-state index is 13.6. The number of nitrogens with zero attached hydrogens (tertiary/aromatic N) is 5. The first-order valence-electron chi connectivity index (χ1n) is 12.4. The van der Waals surface area contributed by atoms with Gasteiger partial charge in [-0.2, -0.15) is 5.26 Å². The molecule has 2 amide bonds. The van der Waals surface area contributed by atoms with E-state index in [1.807, 2.05) is 51.2 Å². The van der Waals surface area contributed by atoms with Crippen molar-refractivity contribution in [1.29, 1.82) is 5.26 Å². The normalized spacial score (nSPS) is 23.8. The van der Waals surface area contributed by atoms with E-state index in [1.54, 1.807) is 5.48 Å².